The van der Waals surface area contributed by atoms with E-state index >= 15 is 0 Å². The van der Waals surface area contributed by atoms with Crippen LogP contribution >= 0.6 is 22.9 Å². The van der Waals surface area contributed by atoms with Gasteiger partial charge in [-0.25, -0.2) is 4.98 Å². The largest absolute Gasteiger partial charge is 0.418 e. The van der Waals surface area contributed by atoms with Crippen LogP contribution in [0.1, 0.15) is 22.4 Å². The van der Waals surface area contributed by atoms with E-state index in [2.05, 4.69) is 4.98 Å². The summed E-state index contributed by atoms with van der Waals surface area (Å²) in [7, 11) is 0. The fourth-order valence-electron chi connectivity index (χ4n) is 2.71. The summed E-state index contributed by atoms with van der Waals surface area (Å²) in [5.41, 5.74) is -1.00. The first-order valence-corrected chi connectivity index (χ1v) is 8.76. The predicted molar refractivity (Wildman–Crippen MR) is 90.9 cm³/mol. The van der Waals surface area contributed by atoms with E-state index in [1.807, 2.05) is 12.3 Å². The van der Waals surface area contributed by atoms with Crippen molar-refractivity contribution in [3.8, 4) is 0 Å². The summed E-state index contributed by atoms with van der Waals surface area (Å²) in [6.07, 6.45) is -5.19. The maximum atomic E-state index is 13.0. The monoisotopic (exact) mass is 407 g/mol. The van der Waals surface area contributed by atoms with Crippen molar-refractivity contribution in [2.75, 3.05) is 24.6 Å². The van der Waals surface area contributed by atoms with E-state index in [4.69, 9.17) is 16.3 Å². The average molecular weight is 408 g/mol. The minimum absolute atomic E-state index is 0.0366. The summed E-state index contributed by atoms with van der Waals surface area (Å²) in [4.78, 5) is 16.5. The van der Waals surface area contributed by atoms with Gasteiger partial charge in [-0.2, -0.15) is 13.2 Å². The number of aryl methyl sites for hydroxylation is 1. The highest BCUT2D eigenvalue weighted by atomic mass is 35.5. The van der Waals surface area contributed by atoms with Crippen LogP contribution < -0.4 is 4.90 Å². The molecule has 2 heterocycles. The fourth-order valence-corrected chi connectivity index (χ4v) is 3.81. The van der Waals surface area contributed by atoms with E-state index in [1.165, 1.54) is 11.3 Å². The minimum atomic E-state index is -4.77. The molecule has 0 amide bonds. The third-order valence-corrected chi connectivity index (χ3v) is 5.25. The van der Waals surface area contributed by atoms with Crippen LogP contribution in [0.2, 0.25) is 5.02 Å². The van der Waals surface area contributed by atoms with Crippen LogP contribution in [0.5, 0.6) is 0 Å². The molecule has 0 saturated carbocycles. The van der Waals surface area contributed by atoms with Crippen molar-refractivity contribution >= 4 is 34.3 Å². The summed E-state index contributed by atoms with van der Waals surface area (Å²) in [5, 5.41) is 13.3. The standard InChI is InChI=1S/C15H13ClF3N3O3S/c1-8-7-26-14(20-8)13-6-21(2-3-25-13)11-5-10(16)9(15(17,18)19)4-12(11)22(23)24/h4-5,7,13H,2-3,6H2,1H3/t13-/m0/s1. The molecule has 26 heavy (non-hydrogen) atoms. The zero-order valence-corrected chi connectivity index (χ0v) is 15.0. The van der Waals surface area contributed by atoms with Crippen molar-refractivity contribution in [3.63, 3.8) is 0 Å². The Morgan fingerprint density at radius 3 is 2.77 bits per heavy atom. The van der Waals surface area contributed by atoms with Gasteiger partial charge in [0.05, 0.1) is 28.7 Å². The normalized spacial score (nSPS) is 18.2. The number of alkyl halides is 3. The number of thiazole rings is 1. The number of morpholine rings is 1. The maximum absolute atomic E-state index is 13.0. The number of anilines is 1. The second-order valence-corrected chi connectivity index (χ2v) is 7.01. The summed E-state index contributed by atoms with van der Waals surface area (Å²) in [6, 6.07) is 1.48. The summed E-state index contributed by atoms with van der Waals surface area (Å²) >= 11 is 7.16. The van der Waals surface area contributed by atoms with Gasteiger partial charge in [0, 0.05) is 23.7 Å². The second-order valence-electron chi connectivity index (χ2n) is 5.71. The molecule has 1 saturated heterocycles. The molecule has 1 atom stereocenters. The lowest BCUT2D eigenvalue weighted by Crippen LogP contribution is -2.38. The zero-order valence-electron chi connectivity index (χ0n) is 13.4. The molecule has 1 aliphatic rings. The van der Waals surface area contributed by atoms with Gasteiger partial charge in [-0.1, -0.05) is 11.6 Å². The molecule has 1 aromatic heterocycles. The fraction of sp³-hybridized carbons (Fsp3) is 0.400. The van der Waals surface area contributed by atoms with E-state index in [0.29, 0.717) is 17.6 Å². The number of halogens is 4. The van der Waals surface area contributed by atoms with Gasteiger partial charge >= 0.3 is 6.18 Å². The van der Waals surface area contributed by atoms with Gasteiger partial charge < -0.3 is 9.64 Å². The van der Waals surface area contributed by atoms with E-state index in [9.17, 15) is 23.3 Å². The van der Waals surface area contributed by atoms with Crippen molar-refractivity contribution in [2.24, 2.45) is 0 Å². The number of nitro groups is 1. The van der Waals surface area contributed by atoms with Crippen LogP contribution in [-0.4, -0.2) is 29.6 Å². The number of hydrogen-bond acceptors (Lipinski definition) is 6. The molecule has 0 spiro atoms. The molecule has 0 radical (unpaired) electrons. The first-order valence-electron chi connectivity index (χ1n) is 7.50. The molecule has 3 rings (SSSR count). The molecule has 6 nitrogen and oxygen atoms in total. The number of ether oxygens (including phenoxy) is 1. The first kappa shape index (κ1) is 18.9. The molecular formula is C15H13ClF3N3O3S. The maximum Gasteiger partial charge on any atom is 0.418 e. The van der Waals surface area contributed by atoms with Crippen LogP contribution in [0.25, 0.3) is 0 Å². The highest BCUT2D eigenvalue weighted by molar-refractivity contribution is 7.09. The highest BCUT2D eigenvalue weighted by Crippen LogP contribution is 2.42. The second kappa shape index (κ2) is 7.01. The molecule has 1 aliphatic heterocycles. The molecule has 0 unspecified atom stereocenters. The van der Waals surface area contributed by atoms with Gasteiger partial charge in [0.25, 0.3) is 5.69 Å². The molecule has 140 valence electrons. The van der Waals surface area contributed by atoms with Crippen LogP contribution in [0.4, 0.5) is 24.5 Å². The molecule has 1 aromatic carbocycles. The summed E-state index contributed by atoms with van der Waals surface area (Å²) in [6.45, 7) is 2.62. The molecule has 11 heteroatoms. The third kappa shape index (κ3) is 3.76. The van der Waals surface area contributed by atoms with Crippen molar-refractivity contribution in [2.45, 2.75) is 19.2 Å². The van der Waals surface area contributed by atoms with Crippen molar-refractivity contribution < 1.29 is 22.8 Å². The molecule has 2 aromatic rings. The topological polar surface area (TPSA) is 68.5 Å². The van der Waals surface area contributed by atoms with Crippen LogP contribution in [0, 0.1) is 17.0 Å². The van der Waals surface area contributed by atoms with Crippen molar-refractivity contribution in [1.29, 1.82) is 0 Å². The van der Waals surface area contributed by atoms with Gasteiger partial charge in [-0.05, 0) is 13.0 Å². The number of benzene rings is 1. The van der Waals surface area contributed by atoms with Crippen LogP contribution in [0.15, 0.2) is 17.5 Å². The SMILES string of the molecule is Cc1csc([C@@H]2CN(c3cc(Cl)c(C(F)(F)F)cc3[N+](=O)[O-])CCO2)n1. The lowest BCUT2D eigenvalue weighted by atomic mass is 10.1. The Hall–Kier alpha value is -1.91. The minimum Gasteiger partial charge on any atom is -0.367 e. The lowest BCUT2D eigenvalue weighted by Gasteiger charge is -2.33. The first-order chi connectivity index (χ1) is 12.2. The van der Waals surface area contributed by atoms with Gasteiger partial charge in [0.15, 0.2) is 0 Å². The van der Waals surface area contributed by atoms with Crippen LogP contribution in [-0.2, 0) is 10.9 Å². The number of nitro benzene ring substituents is 1. The Labute approximate surface area is 155 Å². The van der Waals surface area contributed by atoms with Gasteiger partial charge in [-0.15, -0.1) is 11.3 Å². The van der Waals surface area contributed by atoms with E-state index < -0.39 is 33.5 Å². The predicted octanol–water partition coefficient (Wildman–Crippen LogP) is 4.61. The Balaban J connectivity index is 1.97. The summed E-state index contributed by atoms with van der Waals surface area (Å²) in [5.74, 6) is 0. The van der Waals surface area contributed by atoms with E-state index in [-0.39, 0.29) is 18.8 Å². The number of hydrogen-bond donors (Lipinski definition) is 0. The van der Waals surface area contributed by atoms with Crippen molar-refractivity contribution in [1.82, 2.24) is 4.98 Å². The van der Waals surface area contributed by atoms with Crippen LogP contribution in [0.3, 0.4) is 0 Å². The quantitative estimate of drug-likeness (QED) is 0.549. The molecular weight excluding hydrogens is 395 g/mol. The number of aromatic nitrogens is 1. The smallest absolute Gasteiger partial charge is 0.367 e. The zero-order chi connectivity index (χ0) is 19.1. The van der Waals surface area contributed by atoms with E-state index in [1.54, 1.807) is 4.90 Å². The van der Waals surface area contributed by atoms with Gasteiger partial charge in [0.2, 0.25) is 0 Å². The Morgan fingerprint density at radius 2 is 2.19 bits per heavy atom. The Bertz CT molecular complexity index is 843. The lowest BCUT2D eigenvalue weighted by molar-refractivity contribution is -0.384. The Morgan fingerprint density at radius 1 is 1.46 bits per heavy atom. The molecule has 0 aliphatic carbocycles. The van der Waals surface area contributed by atoms with Gasteiger partial charge in [0.1, 0.15) is 16.8 Å². The Kier molecular flexibility index (Phi) is 5.09. The van der Waals surface area contributed by atoms with Crippen molar-refractivity contribution in [3.05, 3.63) is 48.9 Å². The number of nitrogens with zero attached hydrogens (tertiary/aromatic N) is 3. The third-order valence-electron chi connectivity index (χ3n) is 3.89. The number of rotatable bonds is 3. The molecule has 0 bridgehead atoms. The van der Waals surface area contributed by atoms with E-state index in [0.717, 1.165) is 11.8 Å². The highest BCUT2D eigenvalue weighted by Gasteiger charge is 2.37. The van der Waals surface area contributed by atoms with Gasteiger partial charge in [-0.3, -0.25) is 10.1 Å². The molecule has 0 N–H and O–H groups in total. The average Bonchev–Trinajstić information content (AvgIpc) is 3.00. The summed E-state index contributed by atoms with van der Waals surface area (Å²) < 4.78 is 44.7. The molecule has 1 fully saturated rings.